The molecule has 1 aliphatic carbocycles. The number of nitriles is 1. The van der Waals surface area contributed by atoms with Gasteiger partial charge in [0.25, 0.3) is 0 Å². The first-order chi connectivity index (χ1) is 7.29. The van der Waals surface area contributed by atoms with Crippen molar-refractivity contribution in [1.29, 1.82) is 5.26 Å². The average Bonchev–Trinajstić information content (AvgIpc) is 2.35. The number of allylic oxidation sites excluding steroid dienone is 2. The van der Waals surface area contributed by atoms with Crippen LogP contribution in [0.5, 0.6) is 0 Å². The van der Waals surface area contributed by atoms with E-state index in [1.54, 1.807) is 0 Å². The largest absolute Gasteiger partial charge is 0.387 e. The van der Waals surface area contributed by atoms with Crippen molar-refractivity contribution in [3.8, 4) is 5.40 Å². The Balaban J connectivity index is 2.32. The number of thioether (sulfide) groups is 1. The van der Waals surface area contributed by atoms with Gasteiger partial charge >= 0.3 is 0 Å². The zero-order valence-corrected chi connectivity index (χ0v) is 9.31. The van der Waals surface area contributed by atoms with Gasteiger partial charge in [-0.1, -0.05) is 5.57 Å². The van der Waals surface area contributed by atoms with Crippen molar-refractivity contribution >= 4 is 17.6 Å². The third-order valence-electron chi connectivity index (χ3n) is 2.73. The first-order valence-corrected chi connectivity index (χ1v) is 5.93. The quantitative estimate of drug-likeness (QED) is 0.690. The molecule has 0 amide bonds. The first-order valence-electron chi connectivity index (χ1n) is 5.11. The maximum absolute atomic E-state index is 8.64. The van der Waals surface area contributed by atoms with Crippen molar-refractivity contribution in [1.82, 2.24) is 0 Å². The molecule has 2 rings (SSSR count). The van der Waals surface area contributed by atoms with Gasteiger partial charge in [-0.05, 0) is 37.3 Å². The minimum absolute atomic E-state index is 0.635. The first kappa shape index (κ1) is 10.3. The van der Waals surface area contributed by atoms with E-state index in [4.69, 9.17) is 11.0 Å². The van der Waals surface area contributed by atoms with E-state index < -0.39 is 0 Å². The van der Waals surface area contributed by atoms with Crippen LogP contribution in [0.4, 0.5) is 0 Å². The fourth-order valence-corrected chi connectivity index (χ4v) is 2.51. The van der Waals surface area contributed by atoms with Crippen LogP contribution < -0.4 is 5.73 Å². The summed E-state index contributed by atoms with van der Waals surface area (Å²) in [4.78, 5) is 4.24. The maximum Gasteiger partial charge on any atom is 0.140 e. The van der Waals surface area contributed by atoms with E-state index >= 15 is 0 Å². The minimum atomic E-state index is 0.635. The Kier molecular flexibility index (Phi) is 3.12. The molecular weight excluding hydrogens is 206 g/mol. The molecule has 0 atom stereocenters. The Morgan fingerprint density at radius 2 is 2.20 bits per heavy atom. The fraction of sp³-hybridized carbons (Fsp3) is 0.455. The van der Waals surface area contributed by atoms with Crippen LogP contribution in [-0.4, -0.2) is 5.84 Å². The normalized spacial score (nSPS) is 21.0. The summed E-state index contributed by atoms with van der Waals surface area (Å²) in [5.41, 5.74) is 8.58. The Morgan fingerprint density at radius 3 is 3.00 bits per heavy atom. The van der Waals surface area contributed by atoms with Gasteiger partial charge in [-0.2, -0.15) is 5.26 Å². The van der Waals surface area contributed by atoms with Crippen molar-refractivity contribution in [2.24, 2.45) is 10.7 Å². The van der Waals surface area contributed by atoms with Gasteiger partial charge in [-0.25, -0.2) is 4.99 Å². The van der Waals surface area contributed by atoms with E-state index in [0.29, 0.717) is 5.84 Å². The van der Waals surface area contributed by atoms with Gasteiger partial charge in [0.15, 0.2) is 0 Å². The van der Waals surface area contributed by atoms with Crippen molar-refractivity contribution in [3.05, 3.63) is 22.3 Å². The second-order valence-electron chi connectivity index (χ2n) is 3.79. The maximum atomic E-state index is 8.64. The van der Waals surface area contributed by atoms with Crippen molar-refractivity contribution in [3.63, 3.8) is 0 Å². The zero-order chi connectivity index (χ0) is 10.7. The van der Waals surface area contributed by atoms with Crippen LogP contribution in [0, 0.1) is 10.7 Å². The second kappa shape index (κ2) is 4.54. The Bertz CT molecular complexity index is 399. The summed E-state index contributed by atoms with van der Waals surface area (Å²) in [5.74, 6) is 0.635. The average molecular weight is 219 g/mol. The molecule has 78 valence electrons. The summed E-state index contributed by atoms with van der Waals surface area (Å²) in [6.07, 6.45) is 7.53. The number of hydrogen-bond donors (Lipinski definition) is 1. The Labute approximate surface area is 93.7 Å². The molecule has 2 aliphatic rings. The molecule has 4 heteroatoms. The molecule has 0 unspecified atom stereocenters. The molecule has 1 heterocycles. The second-order valence-corrected chi connectivity index (χ2v) is 4.60. The SMILES string of the molecule is N#CSC1=CC2=C(CCCC2)CC(N)=N1. The highest BCUT2D eigenvalue weighted by Crippen LogP contribution is 2.32. The molecule has 0 saturated heterocycles. The molecule has 15 heavy (non-hydrogen) atoms. The molecule has 0 aromatic heterocycles. The van der Waals surface area contributed by atoms with Crippen LogP contribution in [0.2, 0.25) is 0 Å². The number of nitrogens with two attached hydrogens (primary N) is 1. The van der Waals surface area contributed by atoms with E-state index in [2.05, 4.69) is 4.99 Å². The molecule has 0 fully saturated rings. The van der Waals surface area contributed by atoms with Crippen LogP contribution in [-0.2, 0) is 0 Å². The standard InChI is InChI=1S/C11H13N3S/c12-7-15-11-6-9-4-2-1-3-8(9)5-10(13)14-11/h6H,1-5H2,(H2,13,14). The molecule has 0 aromatic rings. The predicted molar refractivity (Wildman–Crippen MR) is 63.0 cm³/mol. The molecule has 0 aromatic carbocycles. The highest BCUT2D eigenvalue weighted by Gasteiger charge is 2.16. The Morgan fingerprint density at radius 1 is 1.40 bits per heavy atom. The van der Waals surface area contributed by atoms with Crippen molar-refractivity contribution in [2.75, 3.05) is 0 Å². The van der Waals surface area contributed by atoms with Crippen LogP contribution in [0.3, 0.4) is 0 Å². The van der Waals surface area contributed by atoms with Gasteiger partial charge in [0.2, 0.25) is 0 Å². The molecule has 0 bridgehead atoms. The summed E-state index contributed by atoms with van der Waals surface area (Å²) < 4.78 is 0. The highest BCUT2D eigenvalue weighted by atomic mass is 32.2. The zero-order valence-electron chi connectivity index (χ0n) is 8.49. The minimum Gasteiger partial charge on any atom is -0.387 e. The number of hydrogen-bond acceptors (Lipinski definition) is 4. The summed E-state index contributed by atoms with van der Waals surface area (Å²) in [6, 6.07) is 0. The molecule has 0 radical (unpaired) electrons. The van der Waals surface area contributed by atoms with Crippen LogP contribution in [0.1, 0.15) is 32.1 Å². The van der Waals surface area contributed by atoms with E-state index in [0.717, 1.165) is 36.1 Å². The number of thiocyanates is 1. The highest BCUT2D eigenvalue weighted by molar-refractivity contribution is 8.07. The van der Waals surface area contributed by atoms with E-state index in [-0.39, 0.29) is 0 Å². The number of rotatable bonds is 1. The molecule has 3 nitrogen and oxygen atoms in total. The van der Waals surface area contributed by atoms with E-state index in [1.807, 2.05) is 11.5 Å². The summed E-state index contributed by atoms with van der Waals surface area (Å²) >= 11 is 1.09. The smallest absolute Gasteiger partial charge is 0.140 e. The van der Waals surface area contributed by atoms with Crippen LogP contribution in [0.25, 0.3) is 0 Å². The number of nitrogens with zero attached hydrogens (tertiary/aromatic N) is 2. The molecule has 1 aliphatic heterocycles. The number of amidine groups is 1. The lowest BCUT2D eigenvalue weighted by atomic mass is 9.90. The van der Waals surface area contributed by atoms with Gasteiger partial charge in [-0.3, -0.25) is 0 Å². The molecule has 2 N–H and O–H groups in total. The van der Waals surface area contributed by atoms with Crippen molar-refractivity contribution in [2.45, 2.75) is 32.1 Å². The Hall–Kier alpha value is -1.21. The third-order valence-corrected chi connectivity index (χ3v) is 3.23. The number of aliphatic imine (C=N–C) groups is 1. The predicted octanol–water partition coefficient (Wildman–Crippen LogP) is 2.67. The van der Waals surface area contributed by atoms with Crippen LogP contribution >= 0.6 is 11.8 Å². The van der Waals surface area contributed by atoms with Gasteiger partial charge in [0.05, 0.1) is 0 Å². The fourth-order valence-electron chi connectivity index (χ4n) is 2.05. The van der Waals surface area contributed by atoms with E-state index in [1.165, 1.54) is 24.0 Å². The summed E-state index contributed by atoms with van der Waals surface area (Å²) in [6.45, 7) is 0. The third kappa shape index (κ3) is 2.42. The lowest BCUT2D eigenvalue weighted by Gasteiger charge is -2.16. The molecule has 0 saturated carbocycles. The monoisotopic (exact) mass is 219 g/mol. The van der Waals surface area contributed by atoms with Crippen LogP contribution in [0.15, 0.2) is 27.2 Å². The van der Waals surface area contributed by atoms with Gasteiger partial charge in [-0.15, -0.1) is 0 Å². The van der Waals surface area contributed by atoms with Gasteiger partial charge in [0.1, 0.15) is 16.3 Å². The van der Waals surface area contributed by atoms with Gasteiger partial charge < -0.3 is 5.73 Å². The van der Waals surface area contributed by atoms with Crippen molar-refractivity contribution < 1.29 is 0 Å². The lowest BCUT2D eigenvalue weighted by Crippen LogP contribution is -2.13. The molecule has 0 spiro atoms. The topological polar surface area (TPSA) is 62.2 Å². The lowest BCUT2D eigenvalue weighted by molar-refractivity contribution is 0.676. The van der Waals surface area contributed by atoms with Gasteiger partial charge in [0, 0.05) is 18.2 Å². The summed E-state index contributed by atoms with van der Waals surface area (Å²) in [7, 11) is 0. The van der Waals surface area contributed by atoms with E-state index in [9.17, 15) is 0 Å². The summed E-state index contributed by atoms with van der Waals surface area (Å²) in [5, 5.41) is 11.4. The molecular formula is C11H13N3S.